The van der Waals surface area contributed by atoms with E-state index >= 15 is 0 Å². The zero-order valence-corrected chi connectivity index (χ0v) is 8.79. The first-order valence-electron chi connectivity index (χ1n) is 4.58. The molecule has 2 N–H and O–H groups in total. The Morgan fingerprint density at radius 1 is 1.50 bits per heavy atom. The van der Waals surface area contributed by atoms with E-state index in [9.17, 15) is 4.79 Å². The molecule has 0 aromatic carbocycles. The van der Waals surface area contributed by atoms with Crippen LogP contribution in [0.2, 0.25) is 0 Å². The van der Waals surface area contributed by atoms with Gasteiger partial charge >= 0.3 is 0 Å². The smallest absolute Gasteiger partial charge is 0.234 e. The molecular weight excluding hydrogens is 182 g/mol. The van der Waals surface area contributed by atoms with Crippen LogP contribution in [0.1, 0.15) is 6.42 Å². The maximum atomic E-state index is 10.9. The number of aliphatic hydroxyl groups excluding tert-OH is 1. The summed E-state index contributed by atoms with van der Waals surface area (Å²) in [7, 11) is 3.96. The molecule has 0 saturated heterocycles. The molecule has 0 radical (unpaired) electrons. The lowest BCUT2D eigenvalue weighted by atomic mass is 10.4. The predicted molar refractivity (Wildman–Crippen MR) is 52.2 cm³/mol. The van der Waals surface area contributed by atoms with Crippen molar-refractivity contribution >= 4 is 5.91 Å². The molecule has 5 heteroatoms. The van der Waals surface area contributed by atoms with Gasteiger partial charge in [-0.2, -0.15) is 5.26 Å². The van der Waals surface area contributed by atoms with E-state index < -0.39 is 0 Å². The Hall–Kier alpha value is -1.12. The van der Waals surface area contributed by atoms with Crippen molar-refractivity contribution in [1.29, 1.82) is 5.26 Å². The number of hydrogen-bond donors (Lipinski definition) is 2. The summed E-state index contributed by atoms with van der Waals surface area (Å²) in [6.45, 7) is 2.08. The minimum atomic E-state index is -0.239. The monoisotopic (exact) mass is 200 g/mol. The zero-order valence-electron chi connectivity index (χ0n) is 8.79. The molecule has 0 rings (SSSR count). The van der Waals surface area contributed by atoms with Crippen LogP contribution in [0.5, 0.6) is 0 Å². The van der Waals surface area contributed by atoms with Crippen molar-refractivity contribution in [1.82, 2.24) is 5.32 Å². The summed E-state index contributed by atoms with van der Waals surface area (Å²) in [5.41, 5.74) is 0. The van der Waals surface area contributed by atoms with Crippen LogP contribution in [0.15, 0.2) is 0 Å². The molecule has 80 valence electrons. The van der Waals surface area contributed by atoms with Gasteiger partial charge in [0.1, 0.15) is 13.0 Å². The standard InChI is InChI=1S/C9H17N3O2/c1-12(2,7-8-13)6-5-11-9(14)3-4-10/h13H,3,5-8H2,1-2H3/p+1. The molecule has 0 bridgehead atoms. The fourth-order valence-corrected chi connectivity index (χ4v) is 1.01. The number of carbonyl (C=O) groups excluding carboxylic acids is 1. The van der Waals surface area contributed by atoms with Crippen LogP contribution in [0, 0.1) is 11.3 Å². The molecule has 0 saturated carbocycles. The summed E-state index contributed by atoms with van der Waals surface area (Å²) in [4.78, 5) is 10.9. The van der Waals surface area contributed by atoms with Gasteiger partial charge in [0, 0.05) is 0 Å². The van der Waals surface area contributed by atoms with Gasteiger partial charge < -0.3 is 14.9 Å². The van der Waals surface area contributed by atoms with Crippen LogP contribution < -0.4 is 5.32 Å². The van der Waals surface area contributed by atoms with E-state index in [1.54, 1.807) is 6.07 Å². The van der Waals surface area contributed by atoms with E-state index in [0.717, 1.165) is 6.54 Å². The highest BCUT2D eigenvalue weighted by Gasteiger charge is 2.13. The van der Waals surface area contributed by atoms with Crippen LogP contribution in [0.4, 0.5) is 0 Å². The number of quaternary nitrogens is 1. The zero-order chi connectivity index (χ0) is 11.0. The van der Waals surface area contributed by atoms with E-state index in [1.807, 2.05) is 14.1 Å². The molecule has 0 fully saturated rings. The van der Waals surface area contributed by atoms with Gasteiger partial charge in [-0.15, -0.1) is 0 Å². The third kappa shape index (κ3) is 6.40. The molecule has 0 aliphatic rings. The average molecular weight is 200 g/mol. The van der Waals surface area contributed by atoms with E-state index in [4.69, 9.17) is 10.4 Å². The van der Waals surface area contributed by atoms with Crippen LogP contribution in [-0.4, -0.2) is 55.8 Å². The first kappa shape index (κ1) is 12.9. The van der Waals surface area contributed by atoms with Gasteiger partial charge in [-0.25, -0.2) is 0 Å². The molecule has 0 aromatic rings. The Labute approximate surface area is 84.5 Å². The number of likely N-dealkylation sites (N-methyl/N-ethyl adjacent to an activating group) is 1. The fourth-order valence-electron chi connectivity index (χ4n) is 1.01. The van der Waals surface area contributed by atoms with Crippen LogP contribution in [-0.2, 0) is 4.79 Å². The highest BCUT2D eigenvalue weighted by molar-refractivity contribution is 5.77. The van der Waals surface area contributed by atoms with E-state index in [-0.39, 0.29) is 18.9 Å². The lowest BCUT2D eigenvalue weighted by molar-refractivity contribution is -0.889. The topological polar surface area (TPSA) is 73.1 Å². The quantitative estimate of drug-likeness (QED) is 0.545. The number of nitrogens with zero attached hydrogens (tertiary/aromatic N) is 2. The number of carbonyl (C=O) groups is 1. The molecule has 0 spiro atoms. The Morgan fingerprint density at radius 2 is 2.14 bits per heavy atom. The first-order valence-corrected chi connectivity index (χ1v) is 4.58. The summed E-state index contributed by atoms with van der Waals surface area (Å²) >= 11 is 0. The molecule has 5 nitrogen and oxygen atoms in total. The summed E-state index contributed by atoms with van der Waals surface area (Å²) < 4.78 is 0.656. The normalized spacial score (nSPS) is 10.7. The highest BCUT2D eigenvalue weighted by Crippen LogP contribution is 1.93. The van der Waals surface area contributed by atoms with Gasteiger partial charge in [-0.3, -0.25) is 4.79 Å². The Morgan fingerprint density at radius 3 is 2.64 bits per heavy atom. The Bertz CT molecular complexity index is 221. The van der Waals surface area contributed by atoms with Crippen molar-refractivity contribution in [2.75, 3.05) is 40.3 Å². The van der Waals surface area contributed by atoms with Crippen molar-refractivity contribution < 1.29 is 14.4 Å². The van der Waals surface area contributed by atoms with E-state index in [1.165, 1.54) is 0 Å². The van der Waals surface area contributed by atoms with Gasteiger partial charge in [0.05, 0.1) is 39.9 Å². The van der Waals surface area contributed by atoms with Crippen molar-refractivity contribution in [3.63, 3.8) is 0 Å². The summed E-state index contributed by atoms with van der Waals surface area (Å²) in [5, 5.41) is 19.6. The molecule has 0 heterocycles. The summed E-state index contributed by atoms with van der Waals surface area (Å²) in [5.74, 6) is -0.239. The summed E-state index contributed by atoms with van der Waals surface area (Å²) in [6, 6.07) is 1.78. The van der Waals surface area contributed by atoms with Crippen LogP contribution >= 0.6 is 0 Å². The second-order valence-corrected chi connectivity index (χ2v) is 3.79. The number of amides is 1. The van der Waals surface area contributed by atoms with Crippen LogP contribution in [0.25, 0.3) is 0 Å². The third-order valence-electron chi connectivity index (χ3n) is 1.98. The average Bonchev–Trinajstić information content (AvgIpc) is 2.03. The van der Waals surface area contributed by atoms with Crippen molar-refractivity contribution in [2.24, 2.45) is 0 Å². The lowest BCUT2D eigenvalue weighted by Crippen LogP contribution is -2.46. The number of hydrogen-bond acceptors (Lipinski definition) is 3. The van der Waals surface area contributed by atoms with E-state index in [2.05, 4.69) is 5.32 Å². The first-order chi connectivity index (χ1) is 6.52. The fraction of sp³-hybridized carbons (Fsp3) is 0.778. The van der Waals surface area contributed by atoms with E-state index in [0.29, 0.717) is 17.6 Å². The van der Waals surface area contributed by atoms with Gasteiger partial charge in [0.15, 0.2) is 0 Å². The van der Waals surface area contributed by atoms with Crippen LogP contribution in [0.3, 0.4) is 0 Å². The summed E-state index contributed by atoms with van der Waals surface area (Å²) in [6.07, 6.45) is -0.0899. The number of aliphatic hydroxyl groups is 1. The second kappa shape index (κ2) is 6.35. The minimum absolute atomic E-state index is 0.0899. The maximum absolute atomic E-state index is 10.9. The molecule has 0 aliphatic carbocycles. The molecule has 0 aromatic heterocycles. The molecular formula is C9H18N3O2+. The molecule has 1 amide bonds. The van der Waals surface area contributed by atoms with Gasteiger partial charge in [-0.1, -0.05) is 0 Å². The molecule has 0 aliphatic heterocycles. The maximum Gasteiger partial charge on any atom is 0.234 e. The van der Waals surface area contributed by atoms with Gasteiger partial charge in [-0.05, 0) is 0 Å². The highest BCUT2D eigenvalue weighted by atomic mass is 16.3. The minimum Gasteiger partial charge on any atom is -0.391 e. The van der Waals surface area contributed by atoms with Crippen molar-refractivity contribution in [3.8, 4) is 6.07 Å². The number of nitriles is 1. The second-order valence-electron chi connectivity index (χ2n) is 3.79. The molecule has 14 heavy (non-hydrogen) atoms. The lowest BCUT2D eigenvalue weighted by Gasteiger charge is -2.28. The van der Waals surface area contributed by atoms with Gasteiger partial charge in [0.2, 0.25) is 5.91 Å². The number of rotatable bonds is 6. The van der Waals surface area contributed by atoms with Crippen molar-refractivity contribution in [2.45, 2.75) is 6.42 Å². The van der Waals surface area contributed by atoms with Crippen molar-refractivity contribution in [3.05, 3.63) is 0 Å². The third-order valence-corrected chi connectivity index (χ3v) is 1.98. The molecule has 0 atom stereocenters. The SMILES string of the molecule is C[N+](C)(CCO)CCNC(=O)CC#N. The predicted octanol–water partition coefficient (Wildman–Crippen LogP) is -0.915. The van der Waals surface area contributed by atoms with Gasteiger partial charge in [0.25, 0.3) is 0 Å². The largest absolute Gasteiger partial charge is 0.391 e. The number of nitrogens with one attached hydrogen (secondary N) is 1. The Kier molecular flexibility index (Phi) is 5.84. The Balaban J connectivity index is 3.63. The molecule has 0 unspecified atom stereocenters.